The van der Waals surface area contributed by atoms with E-state index in [9.17, 15) is 8.78 Å². The number of hydrogen-bond acceptors (Lipinski definition) is 3. The van der Waals surface area contributed by atoms with Gasteiger partial charge in [-0.3, -0.25) is 0 Å². The summed E-state index contributed by atoms with van der Waals surface area (Å²) in [6.07, 6.45) is 1.85. The average Bonchev–Trinajstić information content (AvgIpc) is 2.49. The molecule has 0 aliphatic heterocycles. The Morgan fingerprint density at radius 3 is 2.48 bits per heavy atom. The van der Waals surface area contributed by atoms with Crippen LogP contribution in [0.15, 0.2) is 24.3 Å². The van der Waals surface area contributed by atoms with Crippen LogP contribution >= 0.6 is 0 Å². The van der Waals surface area contributed by atoms with E-state index in [1.54, 1.807) is 0 Å². The highest BCUT2D eigenvalue weighted by atomic mass is 19.3. The highest BCUT2D eigenvalue weighted by Crippen LogP contribution is 2.37. The molecule has 1 fully saturated rings. The van der Waals surface area contributed by atoms with Crippen LogP contribution < -0.4 is 0 Å². The molecule has 0 spiro atoms. The third-order valence-corrected chi connectivity index (χ3v) is 4.36. The van der Waals surface area contributed by atoms with Crippen molar-refractivity contribution in [1.82, 2.24) is 15.0 Å². The summed E-state index contributed by atoms with van der Waals surface area (Å²) in [6, 6.07) is 7.72. The number of nitrogens with zero attached hydrogens (tertiary/aromatic N) is 3. The normalized spacial score (nSPS) is 18.1. The van der Waals surface area contributed by atoms with E-state index in [1.807, 2.05) is 38.1 Å². The fourth-order valence-electron chi connectivity index (χ4n) is 3.12. The molecule has 5 heteroatoms. The van der Waals surface area contributed by atoms with Gasteiger partial charge in [0.15, 0.2) is 5.82 Å². The lowest BCUT2D eigenvalue weighted by atomic mass is 9.84. The van der Waals surface area contributed by atoms with Crippen LogP contribution in [-0.4, -0.2) is 20.9 Å². The minimum Gasteiger partial charge on any atom is -0.250 e. The van der Waals surface area contributed by atoms with Gasteiger partial charge in [0.05, 0.1) is 0 Å². The van der Waals surface area contributed by atoms with Crippen LogP contribution in [0.4, 0.5) is 8.78 Å². The van der Waals surface area contributed by atoms with Crippen molar-refractivity contribution in [2.45, 2.75) is 51.9 Å². The molecule has 2 heterocycles. The lowest BCUT2D eigenvalue weighted by Crippen LogP contribution is -2.25. The highest BCUT2D eigenvalue weighted by Gasteiger charge is 2.34. The molecule has 0 amide bonds. The Kier molecular flexibility index (Phi) is 4.37. The summed E-state index contributed by atoms with van der Waals surface area (Å²) in [6.45, 7) is 3.86. The van der Waals surface area contributed by atoms with E-state index < -0.39 is 5.92 Å². The molecule has 0 unspecified atom stereocenters. The average molecular weight is 317 g/mol. The van der Waals surface area contributed by atoms with Crippen LogP contribution in [0.25, 0.3) is 11.5 Å². The van der Waals surface area contributed by atoms with Crippen LogP contribution in [0.5, 0.6) is 0 Å². The van der Waals surface area contributed by atoms with Crippen molar-refractivity contribution in [3.05, 3.63) is 41.3 Å². The minimum atomic E-state index is -2.48. The van der Waals surface area contributed by atoms with Gasteiger partial charge in [-0.1, -0.05) is 6.07 Å². The van der Waals surface area contributed by atoms with E-state index in [2.05, 4.69) is 15.0 Å². The number of alkyl halides is 2. The fraction of sp³-hybridized carbons (Fsp3) is 0.500. The van der Waals surface area contributed by atoms with Gasteiger partial charge in [0.2, 0.25) is 5.92 Å². The van der Waals surface area contributed by atoms with Gasteiger partial charge in [-0.15, -0.1) is 0 Å². The van der Waals surface area contributed by atoms with Crippen molar-refractivity contribution in [2.75, 3.05) is 0 Å². The van der Waals surface area contributed by atoms with E-state index in [0.717, 1.165) is 29.2 Å². The first kappa shape index (κ1) is 16.0. The van der Waals surface area contributed by atoms with Crippen LogP contribution in [-0.2, 0) is 6.42 Å². The first-order valence-corrected chi connectivity index (χ1v) is 8.08. The van der Waals surface area contributed by atoms with Crippen molar-refractivity contribution < 1.29 is 8.78 Å². The Morgan fingerprint density at radius 2 is 1.78 bits per heavy atom. The number of halogens is 2. The number of hydrogen-bond donors (Lipinski definition) is 0. The molecule has 2 aromatic heterocycles. The maximum absolute atomic E-state index is 13.3. The van der Waals surface area contributed by atoms with Gasteiger partial charge in [-0.2, -0.15) is 0 Å². The van der Waals surface area contributed by atoms with Crippen LogP contribution in [0.2, 0.25) is 0 Å². The van der Waals surface area contributed by atoms with E-state index in [-0.39, 0.29) is 18.8 Å². The standard InChI is InChI=1S/C18H21F2N3/c1-12-4-3-5-16(21-12)17-22-13(2)10-15(23-17)11-14-6-8-18(19,20)9-7-14/h3-5,10,14H,6-9,11H2,1-2H3. The molecule has 1 aliphatic rings. The number of aromatic nitrogens is 3. The molecule has 23 heavy (non-hydrogen) atoms. The summed E-state index contributed by atoms with van der Waals surface area (Å²) in [7, 11) is 0. The SMILES string of the molecule is Cc1cccc(-c2nc(C)cc(CC3CCC(F)(F)CC3)n2)n1. The highest BCUT2D eigenvalue weighted by molar-refractivity contribution is 5.49. The summed E-state index contributed by atoms with van der Waals surface area (Å²) in [5, 5.41) is 0. The summed E-state index contributed by atoms with van der Waals surface area (Å²) < 4.78 is 26.5. The number of rotatable bonds is 3. The van der Waals surface area contributed by atoms with Gasteiger partial charge in [0.25, 0.3) is 0 Å². The Balaban J connectivity index is 1.78. The third-order valence-electron chi connectivity index (χ3n) is 4.36. The van der Waals surface area contributed by atoms with Crippen molar-refractivity contribution in [2.24, 2.45) is 5.92 Å². The molecule has 0 bridgehead atoms. The molecule has 1 saturated carbocycles. The smallest absolute Gasteiger partial charge is 0.248 e. The van der Waals surface area contributed by atoms with Gasteiger partial charge in [0, 0.05) is 29.9 Å². The molecule has 122 valence electrons. The predicted molar refractivity (Wildman–Crippen MR) is 85.3 cm³/mol. The summed E-state index contributed by atoms with van der Waals surface area (Å²) in [4.78, 5) is 13.5. The molecule has 0 aromatic carbocycles. The second-order valence-electron chi connectivity index (χ2n) is 6.49. The molecular formula is C18H21F2N3. The Hall–Kier alpha value is -1.91. The van der Waals surface area contributed by atoms with E-state index in [1.165, 1.54) is 0 Å². The number of pyridine rings is 1. The zero-order valence-electron chi connectivity index (χ0n) is 13.5. The van der Waals surface area contributed by atoms with Crippen LogP contribution in [0.1, 0.15) is 42.8 Å². The number of aryl methyl sites for hydroxylation is 2. The monoisotopic (exact) mass is 317 g/mol. The Labute approximate surface area is 135 Å². The van der Waals surface area contributed by atoms with Gasteiger partial charge in [-0.05, 0) is 57.2 Å². The van der Waals surface area contributed by atoms with Crippen molar-refractivity contribution in [1.29, 1.82) is 0 Å². The van der Waals surface area contributed by atoms with Gasteiger partial charge in [0.1, 0.15) is 5.69 Å². The molecule has 0 atom stereocenters. The second kappa shape index (κ2) is 6.30. The fourth-order valence-corrected chi connectivity index (χ4v) is 3.12. The summed E-state index contributed by atoms with van der Waals surface area (Å²) >= 11 is 0. The van der Waals surface area contributed by atoms with Gasteiger partial charge in [-0.25, -0.2) is 23.7 Å². The molecule has 2 aromatic rings. The Morgan fingerprint density at radius 1 is 1.04 bits per heavy atom. The maximum Gasteiger partial charge on any atom is 0.248 e. The predicted octanol–water partition coefficient (Wildman–Crippen LogP) is 4.52. The molecule has 0 N–H and O–H groups in total. The summed E-state index contributed by atoms with van der Waals surface area (Å²) in [5.74, 6) is -1.58. The topological polar surface area (TPSA) is 38.7 Å². The molecule has 3 rings (SSSR count). The van der Waals surface area contributed by atoms with Gasteiger partial charge >= 0.3 is 0 Å². The van der Waals surface area contributed by atoms with Crippen molar-refractivity contribution >= 4 is 0 Å². The van der Waals surface area contributed by atoms with E-state index in [0.29, 0.717) is 18.7 Å². The first-order valence-electron chi connectivity index (χ1n) is 8.08. The maximum atomic E-state index is 13.3. The zero-order valence-corrected chi connectivity index (χ0v) is 13.5. The quantitative estimate of drug-likeness (QED) is 0.835. The molecule has 0 radical (unpaired) electrons. The van der Waals surface area contributed by atoms with Crippen molar-refractivity contribution in [3.63, 3.8) is 0 Å². The zero-order chi connectivity index (χ0) is 16.4. The second-order valence-corrected chi connectivity index (χ2v) is 6.49. The summed E-state index contributed by atoms with van der Waals surface area (Å²) in [5.41, 5.74) is 3.48. The van der Waals surface area contributed by atoms with Crippen molar-refractivity contribution in [3.8, 4) is 11.5 Å². The molecular weight excluding hydrogens is 296 g/mol. The molecule has 1 aliphatic carbocycles. The lowest BCUT2D eigenvalue weighted by Gasteiger charge is -2.28. The molecule has 0 saturated heterocycles. The Bertz CT molecular complexity index is 690. The van der Waals surface area contributed by atoms with Crippen LogP contribution in [0.3, 0.4) is 0 Å². The van der Waals surface area contributed by atoms with Gasteiger partial charge < -0.3 is 0 Å². The largest absolute Gasteiger partial charge is 0.250 e. The molecule has 3 nitrogen and oxygen atoms in total. The van der Waals surface area contributed by atoms with Crippen LogP contribution in [0, 0.1) is 19.8 Å². The van der Waals surface area contributed by atoms with E-state index >= 15 is 0 Å². The third kappa shape index (κ3) is 4.09. The first-order chi connectivity index (χ1) is 10.9. The lowest BCUT2D eigenvalue weighted by molar-refractivity contribution is -0.0457. The van der Waals surface area contributed by atoms with E-state index in [4.69, 9.17) is 0 Å². The minimum absolute atomic E-state index is 0.00593.